The number of carbonyl (C=O) groups is 2. The molecule has 0 fully saturated rings. The van der Waals surface area contributed by atoms with Crippen LogP contribution in [0, 0.1) is 0 Å². The third-order valence-corrected chi connectivity index (χ3v) is 5.03. The summed E-state index contributed by atoms with van der Waals surface area (Å²) in [6.45, 7) is 3.73. The Morgan fingerprint density at radius 1 is 0.893 bits per heavy atom. The lowest BCUT2D eigenvalue weighted by Gasteiger charge is -2.14. The summed E-state index contributed by atoms with van der Waals surface area (Å²) in [6, 6.07) is 9.60. The van der Waals surface area contributed by atoms with Gasteiger partial charge in [0.1, 0.15) is 5.94 Å². The lowest BCUT2D eigenvalue weighted by atomic mass is 10.1. The first-order valence-electron chi connectivity index (χ1n) is 10.3. The molecule has 1 atom stereocenters. The molecule has 0 N–H and O–H groups in total. The molecule has 158 valence electrons. The van der Waals surface area contributed by atoms with E-state index >= 15 is 0 Å². The van der Waals surface area contributed by atoms with E-state index in [1.165, 1.54) is 57.2 Å². The van der Waals surface area contributed by atoms with Gasteiger partial charge in [-0.05, 0) is 18.6 Å². The van der Waals surface area contributed by atoms with E-state index in [0.717, 1.165) is 24.2 Å². The fourth-order valence-corrected chi connectivity index (χ4v) is 3.32. The second-order valence-electron chi connectivity index (χ2n) is 6.72. The third kappa shape index (κ3) is 13.5. The second-order valence-corrected chi connectivity index (χ2v) is 7.72. The van der Waals surface area contributed by atoms with Crippen molar-refractivity contribution in [2.75, 3.05) is 5.94 Å². The molecule has 1 rings (SSSR count). The van der Waals surface area contributed by atoms with Crippen LogP contribution >= 0.6 is 11.8 Å². The quantitative estimate of drug-likeness (QED) is 0.139. The number of ether oxygens (including phenoxy) is 3. The van der Waals surface area contributed by atoms with Crippen LogP contribution in [0.25, 0.3) is 0 Å². The summed E-state index contributed by atoms with van der Waals surface area (Å²) < 4.78 is 15.0. The van der Waals surface area contributed by atoms with Crippen molar-refractivity contribution in [2.24, 2.45) is 0 Å². The Hall–Kier alpha value is -1.69. The first-order valence-corrected chi connectivity index (χ1v) is 11.3. The highest BCUT2D eigenvalue weighted by molar-refractivity contribution is 7.99. The summed E-state index contributed by atoms with van der Waals surface area (Å²) in [6.07, 6.45) is 9.28. The maximum Gasteiger partial charge on any atom is 0.512 e. The lowest BCUT2D eigenvalue weighted by molar-refractivity contribution is -0.167. The zero-order valence-electron chi connectivity index (χ0n) is 17.2. The van der Waals surface area contributed by atoms with Crippen LogP contribution in [0.2, 0.25) is 0 Å². The highest BCUT2D eigenvalue weighted by Gasteiger charge is 2.15. The Labute approximate surface area is 173 Å². The molecular formula is C22H34O5S. The van der Waals surface area contributed by atoms with Crippen LogP contribution in [0.4, 0.5) is 4.79 Å². The Kier molecular flexibility index (Phi) is 14.2. The van der Waals surface area contributed by atoms with Gasteiger partial charge < -0.3 is 14.2 Å². The van der Waals surface area contributed by atoms with Gasteiger partial charge in [-0.3, -0.25) is 4.79 Å². The number of hydrogen-bond acceptors (Lipinski definition) is 6. The molecule has 0 bridgehead atoms. The van der Waals surface area contributed by atoms with Crippen molar-refractivity contribution in [1.29, 1.82) is 0 Å². The van der Waals surface area contributed by atoms with Crippen LogP contribution in [0.1, 0.15) is 78.1 Å². The summed E-state index contributed by atoms with van der Waals surface area (Å²) in [4.78, 5) is 24.4. The Morgan fingerprint density at radius 3 is 2.14 bits per heavy atom. The van der Waals surface area contributed by atoms with E-state index in [9.17, 15) is 9.59 Å². The summed E-state index contributed by atoms with van der Waals surface area (Å²) in [5.41, 5.74) is 0. The highest BCUT2D eigenvalue weighted by atomic mass is 32.2. The normalized spacial score (nSPS) is 11.6. The van der Waals surface area contributed by atoms with Gasteiger partial charge in [0.2, 0.25) is 6.29 Å². The molecule has 1 aromatic rings. The molecule has 1 unspecified atom stereocenters. The van der Waals surface area contributed by atoms with Gasteiger partial charge in [0.15, 0.2) is 0 Å². The predicted octanol–water partition coefficient (Wildman–Crippen LogP) is 6.70. The van der Waals surface area contributed by atoms with Crippen molar-refractivity contribution in [3.63, 3.8) is 0 Å². The van der Waals surface area contributed by atoms with E-state index < -0.39 is 12.4 Å². The van der Waals surface area contributed by atoms with Crippen molar-refractivity contribution >= 4 is 23.9 Å². The number of carbonyl (C=O) groups excluding carboxylic acids is 2. The van der Waals surface area contributed by atoms with Gasteiger partial charge in [-0.2, -0.15) is 0 Å². The molecule has 0 radical (unpaired) electrons. The molecule has 0 aromatic heterocycles. The predicted molar refractivity (Wildman–Crippen MR) is 112 cm³/mol. The van der Waals surface area contributed by atoms with Crippen LogP contribution in [0.15, 0.2) is 35.2 Å². The van der Waals surface area contributed by atoms with Crippen LogP contribution in [0.5, 0.6) is 0 Å². The maximum absolute atomic E-state index is 11.8. The van der Waals surface area contributed by atoms with Gasteiger partial charge in [-0.1, -0.05) is 88.3 Å². The van der Waals surface area contributed by atoms with E-state index in [0.29, 0.717) is 6.42 Å². The molecule has 0 aliphatic heterocycles. The van der Waals surface area contributed by atoms with Gasteiger partial charge in [0.25, 0.3) is 0 Å². The third-order valence-electron chi connectivity index (χ3n) is 4.19. The number of hydrogen-bond donors (Lipinski definition) is 0. The van der Waals surface area contributed by atoms with E-state index in [-0.39, 0.29) is 11.9 Å². The van der Waals surface area contributed by atoms with Crippen LogP contribution in [-0.4, -0.2) is 24.4 Å². The van der Waals surface area contributed by atoms with Gasteiger partial charge in [0, 0.05) is 18.2 Å². The zero-order chi connectivity index (χ0) is 20.5. The second kappa shape index (κ2) is 16.3. The van der Waals surface area contributed by atoms with Crippen molar-refractivity contribution in [3.8, 4) is 0 Å². The molecule has 1 aromatic carbocycles. The molecule has 0 saturated heterocycles. The van der Waals surface area contributed by atoms with E-state index in [1.54, 1.807) is 0 Å². The molecule has 28 heavy (non-hydrogen) atoms. The van der Waals surface area contributed by atoms with Crippen molar-refractivity contribution in [1.82, 2.24) is 0 Å². The average molecular weight is 411 g/mol. The Bertz CT molecular complexity index is 535. The standard InChI is InChI=1S/C22H34O5S/c1-3-4-5-6-7-8-9-10-14-17-21(23)26-19(2)27-22(24)25-18-28-20-15-12-11-13-16-20/h11-13,15-16,19H,3-10,14,17-18H2,1-2H3. The summed E-state index contributed by atoms with van der Waals surface area (Å²) in [5, 5.41) is 0. The molecule has 5 nitrogen and oxygen atoms in total. The Balaban J connectivity index is 1.99. The SMILES string of the molecule is CCCCCCCCCCCC(=O)OC(C)OC(=O)OCSc1ccccc1. The number of unbranched alkanes of at least 4 members (excludes halogenated alkanes) is 8. The Morgan fingerprint density at radius 2 is 1.50 bits per heavy atom. The monoisotopic (exact) mass is 410 g/mol. The average Bonchev–Trinajstić information content (AvgIpc) is 2.67. The first kappa shape index (κ1) is 24.3. The van der Waals surface area contributed by atoms with Crippen molar-refractivity contribution in [2.45, 2.75) is 89.2 Å². The largest absolute Gasteiger partial charge is 0.512 e. The molecule has 6 heteroatoms. The minimum Gasteiger partial charge on any atom is -0.425 e. The first-order chi connectivity index (χ1) is 13.6. The summed E-state index contributed by atoms with van der Waals surface area (Å²) in [7, 11) is 0. The van der Waals surface area contributed by atoms with E-state index in [4.69, 9.17) is 14.2 Å². The molecule has 0 saturated carbocycles. The zero-order valence-corrected chi connectivity index (χ0v) is 18.0. The van der Waals surface area contributed by atoms with E-state index in [2.05, 4.69) is 6.92 Å². The number of rotatable bonds is 15. The minimum absolute atomic E-state index is 0.141. The number of esters is 1. The molecule has 0 spiro atoms. The summed E-state index contributed by atoms with van der Waals surface area (Å²) >= 11 is 1.38. The van der Waals surface area contributed by atoms with Gasteiger partial charge in [0.05, 0.1) is 0 Å². The molecule has 0 aliphatic carbocycles. The van der Waals surface area contributed by atoms with Gasteiger partial charge in [-0.25, -0.2) is 4.79 Å². The van der Waals surface area contributed by atoms with Gasteiger partial charge >= 0.3 is 12.1 Å². The summed E-state index contributed by atoms with van der Waals surface area (Å²) in [5.74, 6) is -0.205. The fraction of sp³-hybridized carbons (Fsp3) is 0.636. The highest BCUT2D eigenvalue weighted by Crippen LogP contribution is 2.17. The van der Waals surface area contributed by atoms with Crippen molar-refractivity contribution in [3.05, 3.63) is 30.3 Å². The number of benzene rings is 1. The maximum atomic E-state index is 11.8. The number of thioether (sulfide) groups is 1. The fourth-order valence-electron chi connectivity index (χ4n) is 2.68. The smallest absolute Gasteiger partial charge is 0.425 e. The lowest BCUT2D eigenvalue weighted by Crippen LogP contribution is -2.22. The molecule has 0 heterocycles. The van der Waals surface area contributed by atoms with Gasteiger partial charge in [-0.15, -0.1) is 0 Å². The van der Waals surface area contributed by atoms with Crippen LogP contribution in [0.3, 0.4) is 0 Å². The van der Waals surface area contributed by atoms with Crippen molar-refractivity contribution < 1.29 is 23.8 Å². The van der Waals surface area contributed by atoms with Crippen LogP contribution in [-0.2, 0) is 19.0 Å². The molecule has 0 amide bonds. The minimum atomic E-state index is -0.944. The topological polar surface area (TPSA) is 61.8 Å². The molecule has 0 aliphatic rings. The molecular weight excluding hydrogens is 376 g/mol. The van der Waals surface area contributed by atoms with Crippen LogP contribution < -0.4 is 0 Å². The van der Waals surface area contributed by atoms with E-state index in [1.807, 2.05) is 30.3 Å².